The smallest absolute Gasteiger partial charge is 0.303 e. The molecule has 2 rings (SSSR count). The highest BCUT2D eigenvalue weighted by molar-refractivity contribution is 7.99. The largest absolute Gasteiger partial charge is 0.481 e. The molecule has 0 aliphatic carbocycles. The van der Waals surface area contributed by atoms with Crippen LogP contribution in [0.1, 0.15) is 30.5 Å². The molecule has 1 aliphatic heterocycles. The summed E-state index contributed by atoms with van der Waals surface area (Å²) in [6, 6.07) is 0. The minimum atomic E-state index is -0.842. The molecule has 0 spiro atoms. The molecule has 5 nitrogen and oxygen atoms in total. The van der Waals surface area contributed by atoms with Gasteiger partial charge in [0.05, 0.1) is 6.42 Å². The van der Waals surface area contributed by atoms with Crippen LogP contribution in [0.25, 0.3) is 0 Å². The van der Waals surface area contributed by atoms with Crippen molar-refractivity contribution in [2.45, 2.75) is 25.2 Å². The molecular weight excluding hydrogens is 216 g/mol. The van der Waals surface area contributed by atoms with Gasteiger partial charge in [-0.2, -0.15) is 16.7 Å². The van der Waals surface area contributed by atoms with Gasteiger partial charge in [-0.3, -0.25) is 4.79 Å². The number of thioether (sulfide) groups is 1. The van der Waals surface area contributed by atoms with Crippen LogP contribution >= 0.6 is 11.8 Å². The first kappa shape index (κ1) is 10.5. The molecule has 82 valence electrons. The topological polar surface area (TPSA) is 76.2 Å². The van der Waals surface area contributed by atoms with E-state index in [9.17, 15) is 4.79 Å². The number of rotatable bonds is 4. The molecular formula is C9H12N2O3S. The summed E-state index contributed by atoms with van der Waals surface area (Å²) in [6.45, 7) is 0. The van der Waals surface area contributed by atoms with E-state index in [0.717, 1.165) is 23.8 Å². The summed E-state index contributed by atoms with van der Waals surface area (Å²) in [5.41, 5.74) is 0. The van der Waals surface area contributed by atoms with E-state index < -0.39 is 5.97 Å². The predicted molar refractivity (Wildman–Crippen MR) is 54.9 cm³/mol. The van der Waals surface area contributed by atoms with Crippen LogP contribution in [0.2, 0.25) is 0 Å². The van der Waals surface area contributed by atoms with E-state index >= 15 is 0 Å². The molecule has 1 unspecified atom stereocenters. The third kappa shape index (κ3) is 2.71. The second kappa shape index (κ2) is 4.65. The van der Waals surface area contributed by atoms with Crippen molar-refractivity contribution in [3.8, 4) is 0 Å². The average Bonchev–Trinajstić information content (AvgIpc) is 2.85. The summed E-state index contributed by atoms with van der Waals surface area (Å²) in [4.78, 5) is 14.6. The van der Waals surface area contributed by atoms with Crippen LogP contribution in [-0.2, 0) is 11.2 Å². The maximum Gasteiger partial charge on any atom is 0.303 e. The van der Waals surface area contributed by atoms with Gasteiger partial charge >= 0.3 is 5.97 Å². The highest BCUT2D eigenvalue weighted by Crippen LogP contribution is 2.30. The van der Waals surface area contributed by atoms with E-state index in [2.05, 4.69) is 10.1 Å². The fourth-order valence-corrected chi connectivity index (χ4v) is 2.71. The highest BCUT2D eigenvalue weighted by Gasteiger charge is 2.22. The molecule has 0 amide bonds. The minimum Gasteiger partial charge on any atom is -0.481 e. The van der Waals surface area contributed by atoms with Gasteiger partial charge < -0.3 is 9.63 Å². The molecule has 1 atom stereocenters. The molecule has 1 saturated heterocycles. The van der Waals surface area contributed by atoms with Crippen LogP contribution in [-0.4, -0.2) is 32.7 Å². The molecule has 15 heavy (non-hydrogen) atoms. The van der Waals surface area contributed by atoms with Crippen molar-refractivity contribution in [3.63, 3.8) is 0 Å². The van der Waals surface area contributed by atoms with E-state index in [1.807, 2.05) is 11.8 Å². The summed E-state index contributed by atoms with van der Waals surface area (Å²) in [5, 5.41) is 12.4. The summed E-state index contributed by atoms with van der Waals surface area (Å²) >= 11 is 1.89. The van der Waals surface area contributed by atoms with Crippen molar-refractivity contribution >= 4 is 17.7 Å². The normalized spacial score (nSPS) is 20.7. The van der Waals surface area contributed by atoms with E-state index in [1.54, 1.807) is 0 Å². The Morgan fingerprint density at radius 2 is 2.53 bits per heavy atom. The number of aliphatic carboxylic acids is 1. The number of nitrogens with zero attached hydrogens (tertiary/aromatic N) is 2. The summed E-state index contributed by atoms with van der Waals surface area (Å²) in [6.07, 6.45) is 1.45. The van der Waals surface area contributed by atoms with E-state index in [4.69, 9.17) is 9.63 Å². The molecule has 1 N–H and O–H groups in total. The first-order chi connectivity index (χ1) is 7.25. The van der Waals surface area contributed by atoms with Crippen molar-refractivity contribution < 1.29 is 14.4 Å². The monoisotopic (exact) mass is 228 g/mol. The lowest BCUT2D eigenvalue weighted by atomic mass is 10.1. The van der Waals surface area contributed by atoms with Crippen molar-refractivity contribution in [1.82, 2.24) is 10.1 Å². The highest BCUT2D eigenvalue weighted by atomic mass is 32.2. The molecule has 1 aliphatic rings. The number of hydrogen-bond donors (Lipinski definition) is 1. The zero-order valence-electron chi connectivity index (χ0n) is 8.18. The van der Waals surface area contributed by atoms with Crippen molar-refractivity contribution in [2.75, 3.05) is 11.5 Å². The Balaban J connectivity index is 1.94. The van der Waals surface area contributed by atoms with Crippen LogP contribution < -0.4 is 0 Å². The number of carboxylic acids is 1. The molecule has 0 radical (unpaired) electrons. The quantitative estimate of drug-likeness (QED) is 0.837. The maximum atomic E-state index is 10.3. The number of aryl methyl sites for hydroxylation is 1. The Morgan fingerprint density at radius 1 is 1.67 bits per heavy atom. The Bertz CT molecular complexity index is 347. The van der Waals surface area contributed by atoms with Crippen LogP contribution in [0.15, 0.2) is 4.52 Å². The van der Waals surface area contributed by atoms with Crippen LogP contribution in [0, 0.1) is 0 Å². The standard InChI is InChI=1S/C9H12N2O3S/c12-8(13)2-1-7-10-9(11-14-7)6-3-4-15-5-6/h6H,1-5H2,(H,12,13). The van der Waals surface area contributed by atoms with Gasteiger partial charge in [-0.15, -0.1) is 0 Å². The fourth-order valence-electron chi connectivity index (χ4n) is 1.49. The lowest BCUT2D eigenvalue weighted by Crippen LogP contribution is -2.00. The predicted octanol–water partition coefficient (Wildman–Crippen LogP) is 1.31. The second-order valence-electron chi connectivity index (χ2n) is 3.50. The number of carbonyl (C=O) groups is 1. The van der Waals surface area contributed by atoms with Gasteiger partial charge in [0.1, 0.15) is 0 Å². The minimum absolute atomic E-state index is 0.0427. The Morgan fingerprint density at radius 3 is 3.20 bits per heavy atom. The summed E-state index contributed by atoms with van der Waals surface area (Å²) in [7, 11) is 0. The molecule has 1 fully saturated rings. The number of carboxylic acid groups (broad SMARTS) is 1. The molecule has 2 heterocycles. The SMILES string of the molecule is O=C(O)CCc1nc(C2CCSC2)no1. The lowest BCUT2D eigenvalue weighted by molar-refractivity contribution is -0.137. The number of aromatic nitrogens is 2. The lowest BCUT2D eigenvalue weighted by Gasteiger charge is -1.98. The Hall–Kier alpha value is -1.04. The maximum absolute atomic E-state index is 10.3. The molecule has 0 bridgehead atoms. The van der Waals surface area contributed by atoms with E-state index in [0.29, 0.717) is 18.2 Å². The van der Waals surface area contributed by atoms with Gasteiger partial charge in [-0.05, 0) is 12.2 Å². The first-order valence-electron chi connectivity index (χ1n) is 4.87. The average molecular weight is 228 g/mol. The second-order valence-corrected chi connectivity index (χ2v) is 4.65. The van der Waals surface area contributed by atoms with Gasteiger partial charge in [-0.1, -0.05) is 5.16 Å². The van der Waals surface area contributed by atoms with E-state index in [-0.39, 0.29) is 6.42 Å². The molecule has 6 heteroatoms. The first-order valence-corrected chi connectivity index (χ1v) is 6.03. The zero-order chi connectivity index (χ0) is 10.7. The van der Waals surface area contributed by atoms with Gasteiger partial charge in [-0.25, -0.2) is 0 Å². The molecule has 0 saturated carbocycles. The van der Waals surface area contributed by atoms with Crippen molar-refractivity contribution in [3.05, 3.63) is 11.7 Å². The Kier molecular flexibility index (Phi) is 3.25. The third-order valence-electron chi connectivity index (χ3n) is 2.33. The van der Waals surface area contributed by atoms with Crippen LogP contribution in [0.5, 0.6) is 0 Å². The third-order valence-corrected chi connectivity index (χ3v) is 3.49. The van der Waals surface area contributed by atoms with E-state index in [1.165, 1.54) is 0 Å². The van der Waals surface area contributed by atoms with Gasteiger partial charge in [0, 0.05) is 18.1 Å². The zero-order valence-corrected chi connectivity index (χ0v) is 9.00. The van der Waals surface area contributed by atoms with Gasteiger partial charge in [0.25, 0.3) is 0 Å². The molecule has 1 aromatic rings. The van der Waals surface area contributed by atoms with Gasteiger partial charge in [0.2, 0.25) is 5.89 Å². The van der Waals surface area contributed by atoms with Gasteiger partial charge in [0.15, 0.2) is 5.82 Å². The molecule has 1 aromatic heterocycles. The van der Waals surface area contributed by atoms with Crippen LogP contribution in [0.3, 0.4) is 0 Å². The summed E-state index contributed by atoms with van der Waals surface area (Å²) in [5.74, 6) is 2.90. The van der Waals surface area contributed by atoms with Crippen LogP contribution in [0.4, 0.5) is 0 Å². The molecule has 0 aromatic carbocycles. The fraction of sp³-hybridized carbons (Fsp3) is 0.667. The summed E-state index contributed by atoms with van der Waals surface area (Å²) < 4.78 is 4.99. The Labute approximate surface area is 91.2 Å². The van der Waals surface area contributed by atoms with Crippen molar-refractivity contribution in [2.24, 2.45) is 0 Å². The van der Waals surface area contributed by atoms with Crippen molar-refractivity contribution in [1.29, 1.82) is 0 Å². The number of hydrogen-bond acceptors (Lipinski definition) is 5.